The van der Waals surface area contributed by atoms with Gasteiger partial charge in [0.1, 0.15) is 0 Å². The molecule has 18 heavy (non-hydrogen) atoms. The predicted molar refractivity (Wildman–Crippen MR) is 64.2 cm³/mol. The molecule has 2 N–H and O–H groups in total. The van der Waals surface area contributed by atoms with Crippen LogP contribution in [-0.2, 0) is 0 Å². The highest BCUT2D eigenvalue weighted by molar-refractivity contribution is 5.91. The number of hydrogen-bond donors (Lipinski definition) is 2. The third-order valence-electron chi connectivity index (χ3n) is 2.48. The Balaban J connectivity index is 2.32. The Kier molecular flexibility index (Phi) is 3.00. The second-order valence-corrected chi connectivity index (χ2v) is 4.73. The van der Waals surface area contributed by atoms with Gasteiger partial charge in [-0.2, -0.15) is 4.98 Å². The zero-order valence-electron chi connectivity index (χ0n) is 10.5. The van der Waals surface area contributed by atoms with E-state index in [9.17, 15) is 4.79 Å². The van der Waals surface area contributed by atoms with E-state index in [1.807, 2.05) is 6.92 Å². The summed E-state index contributed by atoms with van der Waals surface area (Å²) in [5.41, 5.74) is 0.129. The van der Waals surface area contributed by atoms with Gasteiger partial charge in [-0.05, 0) is 26.8 Å². The van der Waals surface area contributed by atoms with Crippen LogP contribution in [0.2, 0.25) is 0 Å². The van der Waals surface area contributed by atoms with Crippen LogP contribution in [0, 0.1) is 6.92 Å². The summed E-state index contributed by atoms with van der Waals surface area (Å²) in [6.45, 7) is 5.11. The SMILES string of the molecule is Cc1ccnc2nc(C(=O)NC(C)(C)CO)nn12. The largest absolute Gasteiger partial charge is 0.394 e. The van der Waals surface area contributed by atoms with Crippen LogP contribution in [-0.4, -0.2) is 42.7 Å². The second-order valence-electron chi connectivity index (χ2n) is 4.73. The topological polar surface area (TPSA) is 92.4 Å². The molecule has 0 unspecified atom stereocenters. The third kappa shape index (κ3) is 2.30. The van der Waals surface area contributed by atoms with E-state index in [1.54, 1.807) is 26.1 Å². The van der Waals surface area contributed by atoms with Gasteiger partial charge < -0.3 is 10.4 Å². The molecule has 0 radical (unpaired) electrons. The lowest BCUT2D eigenvalue weighted by Crippen LogP contribution is -2.46. The van der Waals surface area contributed by atoms with Crippen LogP contribution >= 0.6 is 0 Å². The average molecular weight is 249 g/mol. The van der Waals surface area contributed by atoms with Crippen LogP contribution in [0.25, 0.3) is 5.78 Å². The molecule has 0 bridgehead atoms. The van der Waals surface area contributed by atoms with Crippen LogP contribution in [0.4, 0.5) is 0 Å². The molecule has 0 aliphatic carbocycles. The molecule has 0 saturated carbocycles. The molecule has 0 saturated heterocycles. The minimum atomic E-state index is -0.711. The number of carbonyl (C=O) groups excluding carboxylic acids is 1. The Labute approximate surface area is 104 Å². The first-order chi connectivity index (χ1) is 8.43. The molecular weight excluding hydrogens is 234 g/mol. The van der Waals surface area contributed by atoms with E-state index in [2.05, 4.69) is 20.4 Å². The smallest absolute Gasteiger partial charge is 0.291 e. The molecule has 0 atom stereocenters. The fraction of sp³-hybridized carbons (Fsp3) is 0.455. The summed E-state index contributed by atoms with van der Waals surface area (Å²) in [5.74, 6) is -0.0146. The Morgan fingerprint density at radius 2 is 2.28 bits per heavy atom. The summed E-state index contributed by atoms with van der Waals surface area (Å²) < 4.78 is 1.50. The van der Waals surface area contributed by atoms with Crippen LogP contribution in [0.3, 0.4) is 0 Å². The van der Waals surface area contributed by atoms with Crippen molar-refractivity contribution < 1.29 is 9.90 Å². The summed E-state index contributed by atoms with van der Waals surface area (Å²) in [5, 5.41) is 15.8. The summed E-state index contributed by atoms with van der Waals surface area (Å²) >= 11 is 0. The second kappa shape index (κ2) is 4.34. The van der Waals surface area contributed by atoms with Gasteiger partial charge >= 0.3 is 0 Å². The number of fused-ring (bicyclic) bond motifs is 1. The summed E-state index contributed by atoms with van der Waals surface area (Å²) in [4.78, 5) is 20.0. The number of nitrogens with one attached hydrogen (secondary N) is 1. The Morgan fingerprint density at radius 1 is 1.56 bits per heavy atom. The lowest BCUT2D eigenvalue weighted by atomic mass is 10.1. The Hall–Kier alpha value is -2.02. The average Bonchev–Trinajstić information content (AvgIpc) is 2.74. The number of aromatic nitrogens is 4. The van der Waals surface area contributed by atoms with Gasteiger partial charge in [-0.15, -0.1) is 5.10 Å². The number of rotatable bonds is 3. The number of aliphatic hydroxyl groups excluding tert-OH is 1. The van der Waals surface area contributed by atoms with Crippen molar-refractivity contribution in [3.8, 4) is 0 Å². The van der Waals surface area contributed by atoms with Crippen LogP contribution in [0.15, 0.2) is 12.3 Å². The molecule has 0 spiro atoms. The fourth-order valence-electron chi connectivity index (χ4n) is 1.41. The molecule has 2 heterocycles. The van der Waals surface area contributed by atoms with Gasteiger partial charge in [-0.25, -0.2) is 9.50 Å². The van der Waals surface area contributed by atoms with Crippen molar-refractivity contribution in [2.24, 2.45) is 0 Å². The van der Waals surface area contributed by atoms with E-state index in [1.165, 1.54) is 4.52 Å². The van der Waals surface area contributed by atoms with Crippen molar-refractivity contribution in [3.63, 3.8) is 0 Å². The fourth-order valence-corrected chi connectivity index (χ4v) is 1.41. The minimum absolute atomic E-state index is 0.0401. The standard InChI is InChI=1S/C11H15N5O2/c1-7-4-5-12-10-13-8(15-16(7)10)9(18)14-11(2,3)6-17/h4-5,17H,6H2,1-3H3,(H,14,18). The molecule has 0 aromatic carbocycles. The number of aryl methyl sites for hydroxylation is 1. The van der Waals surface area contributed by atoms with Crippen molar-refractivity contribution in [2.45, 2.75) is 26.3 Å². The molecule has 7 heteroatoms. The van der Waals surface area contributed by atoms with E-state index < -0.39 is 11.4 Å². The van der Waals surface area contributed by atoms with E-state index in [0.717, 1.165) is 5.69 Å². The molecule has 0 fully saturated rings. The Bertz CT molecular complexity index is 590. The lowest BCUT2D eigenvalue weighted by molar-refractivity contribution is 0.0859. The molecule has 2 aromatic heterocycles. The van der Waals surface area contributed by atoms with Gasteiger partial charge in [0, 0.05) is 11.9 Å². The highest BCUT2D eigenvalue weighted by atomic mass is 16.3. The number of hydrogen-bond acceptors (Lipinski definition) is 5. The summed E-state index contributed by atoms with van der Waals surface area (Å²) in [6, 6.07) is 1.78. The number of aliphatic hydroxyl groups is 1. The van der Waals surface area contributed by atoms with Crippen molar-refractivity contribution in [2.75, 3.05) is 6.61 Å². The van der Waals surface area contributed by atoms with E-state index in [-0.39, 0.29) is 12.4 Å². The highest BCUT2D eigenvalue weighted by Gasteiger charge is 2.23. The number of carbonyl (C=O) groups is 1. The monoisotopic (exact) mass is 249 g/mol. The van der Waals surface area contributed by atoms with Gasteiger partial charge in [0.05, 0.1) is 12.1 Å². The predicted octanol–water partition coefficient (Wildman–Crippen LogP) is -0.0666. The molecule has 96 valence electrons. The van der Waals surface area contributed by atoms with Crippen molar-refractivity contribution >= 4 is 11.7 Å². The first-order valence-electron chi connectivity index (χ1n) is 5.55. The molecule has 0 aliphatic heterocycles. The van der Waals surface area contributed by atoms with Gasteiger partial charge in [-0.3, -0.25) is 4.79 Å². The molecule has 7 nitrogen and oxygen atoms in total. The summed E-state index contributed by atoms with van der Waals surface area (Å²) in [6.07, 6.45) is 1.61. The van der Waals surface area contributed by atoms with Gasteiger partial charge in [-0.1, -0.05) is 0 Å². The van der Waals surface area contributed by atoms with E-state index in [0.29, 0.717) is 5.78 Å². The maximum absolute atomic E-state index is 11.9. The van der Waals surface area contributed by atoms with Crippen LogP contribution < -0.4 is 5.32 Å². The molecule has 2 aromatic rings. The number of amides is 1. The third-order valence-corrected chi connectivity index (χ3v) is 2.48. The zero-order chi connectivity index (χ0) is 13.3. The molecule has 2 rings (SSSR count). The van der Waals surface area contributed by atoms with Crippen molar-refractivity contribution in [3.05, 3.63) is 23.8 Å². The first-order valence-corrected chi connectivity index (χ1v) is 5.55. The van der Waals surface area contributed by atoms with Gasteiger partial charge in [0.25, 0.3) is 11.7 Å². The Morgan fingerprint density at radius 3 is 2.89 bits per heavy atom. The van der Waals surface area contributed by atoms with Crippen LogP contribution in [0.5, 0.6) is 0 Å². The summed E-state index contributed by atoms with van der Waals surface area (Å²) in [7, 11) is 0. The van der Waals surface area contributed by atoms with Crippen LogP contribution in [0.1, 0.15) is 30.2 Å². The van der Waals surface area contributed by atoms with Gasteiger partial charge in [0.2, 0.25) is 5.82 Å². The molecule has 0 aliphatic rings. The van der Waals surface area contributed by atoms with Crippen molar-refractivity contribution in [1.29, 1.82) is 0 Å². The highest BCUT2D eigenvalue weighted by Crippen LogP contribution is 2.05. The van der Waals surface area contributed by atoms with Crippen molar-refractivity contribution in [1.82, 2.24) is 24.9 Å². The molecule has 1 amide bonds. The lowest BCUT2D eigenvalue weighted by Gasteiger charge is -2.22. The van der Waals surface area contributed by atoms with E-state index in [4.69, 9.17) is 5.11 Å². The molecular formula is C11H15N5O2. The quantitative estimate of drug-likeness (QED) is 0.794. The van der Waals surface area contributed by atoms with E-state index >= 15 is 0 Å². The maximum atomic E-state index is 11.9. The van der Waals surface area contributed by atoms with Gasteiger partial charge in [0.15, 0.2) is 0 Å². The normalized spacial score (nSPS) is 11.8. The minimum Gasteiger partial charge on any atom is -0.394 e. The first kappa shape index (κ1) is 12.4. The zero-order valence-corrected chi connectivity index (χ0v) is 10.5. The maximum Gasteiger partial charge on any atom is 0.291 e. The number of nitrogens with zero attached hydrogens (tertiary/aromatic N) is 4.